The molecule has 0 amide bonds. The zero-order valence-electron chi connectivity index (χ0n) is 9.75. The maximum Gasteiger partial charge on any atom is 0.0619 e. The van der Waals surface area contributed by atoms with E-state index in [1.807, 2.05) is 0 Å². The van der Waals surface area contributed by atoms with Gasteiger partial charge in [0.2, 0.25) is 0 Å². The lowest BCUT2D eigenvalue weighted by Crippen LogP contribution is -2.51. The van der Waals surface area contributed by atoms with Gasteiger partial charge in [0, 0.05) is 25.2 Å². The van der Waals surface area contributed by atoms with Crippen LogP contribution in [0.2, 0.25) is 0 Å². The van der Waals surface area contributed by atoms with E-state index in [-0.39, 0.29) is 0 Å². The molecule has 1 fully saturated rings. The molecule has 0 radical (unpaired) electrons. The van der Waals surface area contributed by atoms with Gasteiger partial charge in [0.25, 0.3) is 0 Å². The van der Waals surface area contributed by atoms with Crippen molar-refractivity contribution >= 4 is 0 Å². The average Bonchev–Trinajstić information content (AvgIpc) is 2.18. The Labute approximate surface area is 87.8 Å². The summed E-state index contributed by atoms with van der Waals surface area (Å²) in [5, 5.41) is 3.47. The molecule has 1 heterocycles. The van der Waals surface area contributed by atoms with Gasteiger partial charge in [-0.15, -0.1) is 0 Å². The summed E-state index contributed by atoms with van der Waals surface area (Å²) in [5.74, 6) is 0. The molecular formula is C11H24N2O. The molecule has 3 heteroatoms. The highest BCUT2D eigenvalue weighted by Gasteiger charge is 2.22. The summed E-state index contributed by atoms with van der Waals surface area (Å²) in [6, 6.07) is 1.20. The molecule has 0 aromatic rings. The molecule has 0 saturated carbocycles. The van der Waals surface area contributed by atoms with E-state index in [9.17, 15) is 0 Å². The van der Waals surface area contributed by atoms with E-state index < -0.39 is 0 Å². The van der Waals surface area contributed by atoms with Gasteiger partial charge in [-0.2, -0.15) is 0 Å². The molecule has 1 rings (SSSR count). The van der Waals surface area contributed by atoms with Crippen LogP contribution in [0.5, 0.6) is 0 Å². The van der Waals surface area contributed by atoms with Crippen molar-refractivity contribution < 1.29 is 4.74 Å². The van der Waals surface area contributed by atoms with Crippen molar-refractivity contribution in [3.05, 3.63) is 0 Å². The Hall–Kier alpha value is -0.120. The summed E-state index contributed by atoms with van der Waals surface area (Å²) in [6.45, 7) is 11.8. The topological polar surface area (TPSA) is 24.5 Å². The van der Waals surface area contributed by atoms with E-state index >= 15 is 0 Å². The third-order valence-corrected chi connectivity index (χ3v) is 2.85. The Morgan fingerprint density at radius 2 is 2.36 bits per heavy atom. The lowest BCUT2D eigenvalue weighted by Gasteiger charge is -2.37. The minimum absolute atomic E-state index is 0.571. The first-order chi connectivity index (χ1) is 6.75. The smallest absolute Gasteiger partial charge is 0.0619 e. The Balaban J connectivity index is 2.23. The third kappa shape index (κ3) is 3.56. The van der Waals surface area contributed by atoms with Gasteiger partial charge in [-0.05, 0) is 26.8 Å². The van der Waals surface area contributed by atoms with E-state index in [0.717, 1.165) is 32.8 Å². The van der Waals surface area contributed by atoms with Crippen LogP contribution in [0, 0.1) is 0 Å². The van der Waals surface area contributed by atoms with Gasteiger partial charge in [-0.3, -0.25) is 4.90 Å². The number of nitrogens with zero attached hydrogens (tertiary/aromatic N) is 1. The van der Waals surface area contributed by atoms with Crippen molar-refractivity contribution in [2.45, 2.75) is 39.3 Å². The van der Waals surface area contributed by atoms with E-state index in [1.165, 1.54) is 6.42 Å². The molecule has 0 aromatic heterocycles. The molecule has 1 aliphatic heterocycles. The van der Waals surface area contributed by atoms with Crippen LogP contribution in [0.15, 0.2) is 0 Å². The van der Waals surface area contributed by atoms with Gasteiger partial charge in [0.05, 0.1) is 13.2 Å². The van der Waals surface area contributed by atoms with E-state index in [1.54, 1.807) is 0 Å². The Morgan fingerprint density at radius 3 is 3.00 bits per heavy atom. The monoisotopic (exact) mass is 200 g/mol. The molecule has 0 aliphatic carbocycles. The van der Waals surface area contributed by atoms with Gasteiger partial charge >= 0.3 is 0 Å². The minimum atomic E-state index is 0.571. The number of morpholine rings is 1. The molecule has 3 nitrogen and oxygen atoms in total. The van der Waals surface area contributed by atoms with Gasteiger partial charge in [-0.25, -0.2) is 0 Å². The SMILES string of the molecule is CCCNCC(C)N1CCOCC1C. The highest BCUT2D eigenvalue weighted by Crippen LogP contribution is 2.09. The van der Waals surface area contributed by atoms with Crippen molar-refractivity contribution in [3.8, 4) is 0 Å². The first kappa shape index (κ1) is 12.0. The number of nitrogens with one attached hydrogen (secondary N) is 1. The predicted octanol–water partition coefficient (Wildman–Crippen LogP) is 1.10. The van der Waals surface area contributed by atoms with Crippen LogP contribution in [-0.4, -0.2) is 49.8 Å². The van der Waals surface area contributed by atoms with E-state index in [0.29, 0.717) is 12.1 Å². The molecule has 0 spiro atoms. The maximum atomic E-state index is 5.43. The predicted molar refractivity (Wildman–Crippen MR) is 59.6 cm³/mol. The van der Waals surface area contributed by atoms with Gasteiger partial charge in [0.1, 0.15) is 0 Å². The molecule has 2 atom stereocenters. The molecule has 1 saturated heterocycles. The van der Waals surface area contributed by atoms with Crippen LogP contribution >= 0.6 is 0 Å². The fourth-order valence-corrected chi connectivity index (χ4v) is 2.00. The molecule has 1 N–H and O–H groups in total. The largest absolute Gasteiger partial charge is 0.379 e. The minimum Gasteiger partial charge on any atom is -0.379 e. The fourth-order valence-electron chi connectivity index (χ4n) is 2.00. The second-order valence-electron chi connectivity index (χ2n) is 4.21. The second-order valence-corrected chi connectivity index (χ2v) is 4.21. The van der Waals surface area contributed by atoms with Gasteiger partial charge in [0.15, 0.2) is 0 Å². The normalized spacial score (nSPS) is 26.4. The number of hydrogen-bond donors (Lipinski definition) is 1. The van der Waals surface area contributed by atoms with Crippen molar-refractivity contribution in [2.75, 3.05) is 32.8 Å². The number of hydrogen-bond acceptors (Lipinski definition) is 3. The lowest BCUT2D eigenvalue weighted by atomic mass is 10.2. The summed E-state index contributed by atoms with van der Waals surface area (Å²) < 4.78 is 5.43. The molecule has 84 valence electrons. The molecular weight excluding hydrogens is 176 g/mol. The first-order valence-electron chi connectivity index (χ1n) is 5.80. The van der Waals surface area contributed by atoms with Crippen LogP contribution in [0.4, 0.5) is 0 Å². The summed E-state index contributed by atoms with van der Waals surface area (Å²) in [6.07, 6.45) is 1.21. The number of ether oxygens (including phenoxy) is 1. The van der Waals surface area contributed by atoms with Crippen LogP contribution in [0.25, 0.3) is 0 Å². The molecule has 0 bridgehead atoms. The van der Waals surface area contributed by atoms with E-state index in [4.69, 9.17) is 4.74 Å². The fraction of sp³-hybridized carbons (Fsp3) is 1.00. The van der Waals surface area contributed by atoms with Crippen molar-refractivity contribution in [1.29, 1.82) is 0 Å². The quantitative estimate of drug-likeness (QED) is 0.673. The molecule has 2 unspecified atom stereocenters. The summed E-state index contributed by atoms with van der Waals surface area (Å²) in [5.41, 5.74) is 0. The van der Waals surface area contributed by atoms with Gasteiger partial charge < -0.3 is 10.1 Å². The number of rotatable bonds is 5. The van der Waals surface area contributed by atoms with Crippen molar-refractivity contribution in [3.63, 3.8) is 0 Å². The molecule has 14 heavy (non-hydrogen) atoms. The highest BCUT2D eigenvalue weighted by atomic mass is 16.5. The Kier molecular flexibility index (Phi) is 5.45. The molecule has 1 aliphatic rings. The van der Waals surface area contributed by atoms with Crippen LogP contribution in [-0.2, 0) is 4.74 Å². The van der Waals surface area contributed by atoms with Crippen molar-refractivity contribution in [2.24, 2.45) is 0 Å². The summed E-state index contributed by atoms with van der Waals surface area (Å²) in [7, 11) is 0. The first-order valence-corrected chi connectivity index (χ1v) is 5.80. The Bertz CT molecular complexity index is 152. The zero-order chi connectivity index (χ0) is 10.4. The third-order valence-electron chi connectivity index (χ3n) is 2.85. The maximum absolute atomic E-state index is 5.43. The molecule has 0 aromatic carbocycles. The average molecular weight is 200 g/mol. The second kappa shape index (κ2) is 6.38. The van der Waals surface area contributed by atoms with Crippen LogP contribution in [0.1, 0.15) is 27.2 Å². The van der Waals surface area contributed by atoms with Crippen LogP contribution in [0.3, 0.4) is 0 Å². The lowest BCUT2D eigenvalue weighted by molar-refractivity contribution is -0.0180. The highest BCUT2D eigenvalue weighted by molar-refractivity contribution is 4.77. The summed E-state index contributed by atoms with van der Waals surface area (Å²) >= 11 is 0. The van der Waals surface area contributed by atoms with Crippen molar-refractivity contribution in [1.82, 2.24) is 10.2 Å². The Morgan fingerprint density at radius 1 is 1.57 bits per heavy atom. The summed E-state index contributed by atoms with van der Waals surface area (Å²) in [4.78, 5) is 2.53. The van der Waals surface area contributed by atoms with E-state index in [2.05, 4.69) is 31.0 Å². The standard InChI is InChI=1S/C11H24N2O/c1-4-5-12-8-10(2)13-6-7-14-9-11(13)3/h10-12H,4-9H2,1-3H3. The van der Waals surface area contributed by atoms with Gasteiger partial charge in [-0.1, -0.05) is 6.92 Å². The van der Waals surface area contributed by atoms with Crippen LogP contribution < -0.4 is 5.32 Å². The zero-order valence-corrected chi connectivity index (χ0v) is 9.75.